The number of rotatable bonds is 4. The molecule has 1 aromatic heterocycles. The third-order valence-electron chi connectivity index (χ3n) is 10.4. The largest absolute Gasteiger partial charge is 0.386 e. The molecule has 2 saturated carbocycles. The van der Waals surface area contributed by atoms with Gasteiger partial charge in [0.25, 0.3) is 0 Å². The summed E-state index contributed by atoms with van der Waals surface area (Å²) >= 11 is 0. The number of piperidine rings is 2. The van der Waals surface area contributed by atoms with Crippen LogP contribution in [0.4, 0.5) is 0 Å². The van der Waals surface area contributed by atoms with E-state index in [2.05, 4.69) is 45.6 Å². The van der Waals surface area contributed by atoms with E-state index in [1.807, 2.05) is 0 Å². The van der Waals surface area contributed by atoms with Gasteiger partial charge in [0.2, 0.25) is 0 Å². The summed E-state index contributed by atoms with van der Waals surface area (Å²) in [4.78, 5) is 8.31. The molecule has 4 nitrogen and oxygen atoms in total. The molecule has 4 bridgehead atoms. The Morgan fingerprint density at radius 1 is 0.800 bits per heavy atom. The van der Waals surface area contributed by atoms with Gasteiger partial charge in [0, 0.05) is 42.3 Å². The Hall–Kier alpha value is -1.81. The van der Waals surface area contributed by atoms with Crippen molar-refractivity contribution in [1.82, 2.24) is 19.8 Å². The molecule has 2 aliphatic carbocycles. The van der Waals surface area contributed by atoms with Gasteiger partial charge in [-0.25, -0.2) is 4.98 Å². The SMILES string of the molecule is C=C1CC[C@@H](Cc2nc3ccccc3n2C2C[C@H]3CCC[C@@H](C2)N3C2C[C@H]3CCCC[C@@H](C2)C3)N1. The minimum absolute atomic E-state index is 0.489. The molecule has 188 valence electrons. The van der Waals surface area contributed by atoms with E-state index < -0.39 is 0 Å². The third kappa shape index (κ3) is 4.24. The summed E-state index contributed by atoms with van der Waals surface area (Å²) in [6, 6.07) is 12.4. The molecule has 0 spiro atoms. The first-order valence-corrected chi connectivity index (χ1v) is 14.9. The monoisotopic (exact) mass is 472 g/mol. The van der Waals surface area contributed by atoms with Gasteiger partial charge in [0.15, 0.2) is 0 Å². The van der Waals surface area contributed by atoms with Crippen molar-refractivity contribution in [2.45, 2.75) is 127 Å². The van der Waals surface area contributed by atoms with Gasteiger partial charge in [-0.1, -0.05) is 50.8 Å². The van der Waals surface area contributed by atoms with Gasteiger partial charge >= 0.3 is 0 Å². The normalized spacial score (nSPS) is 37.8. The van der Waals surface area contributed by atoms with Crippen molar-refractivity contribution in [3.05, 3.63) is 42.4 Å². The van der Waals surface area contributed by atoms with Crippen LogP contribution in [0.15, 0.2) is 36.5 Å². The van der Waals surface area contributed by atoms with Crippen LogP contribution in [0.2, 0.25) is 0 Å². The Kier molecular flexibility index (Phi) is 5.92. The van der Waals surface area contributed by atoms with Crippen LogP contribution < -0.4 is 5.32 Å². The molecule has 2 aromatic rings. The first-order valence-electron chi connectivity index (χ1n) is 14.9. The molecule has 3 aliphatic heterocycles. The average molecular weight is 473 g/mol. The zero-order chi connectivity index (χ0) is 23.4. The lowest BCUT2D eigenvalue weighted by atomic mass is 9.73. The van der Waals surface area contributed by atoms with Gasteiger partial charge in [0.05, 0.1) is 11.0 Å². The van der Waals surface area contributed by atoms with E-state index in [0.717, 1.165) is 42.8 Å². The summed E-state index contributed by atoms with van der Waals surface area (Å²) in [7, 11) is 0. The molecule has 5 fully saturated rings. The highest BCUT2D eigenvalue weighted by Crippen LogP contribution is 2.47. The molecular formula is C31H44N4. The lowest BCUT2D eigenvalue weighted by molar-refractivity contribution is -0.0420. The molecule has 3 saturated heterocycles. The summed E-state index contributed by atoms with van der Waals surface area (Å²) in [6.45, 7) is 4.18. The van der Waals surface area contributed by atoms with Crippen LogP contribution in [0.3, 0.4) is 0 Å². The zero-order valence-electron chi connectivity index (χ0n) is 21.5. The van der Waals surface area contributed by atoms with E-state index >= 15 is 0 Å². The number of para-hydroxylation sites is 2. The van der Waals surface area contributed by atoms with Crippen molar-refractivity contribution < 1.29 is 0 Å². The highest BCUT2D eigenvalue weighted by atomic mass is 15.3. The lowest BCUT2D eigenvalue weighted by Crippen LogP contribution is -2.58. The van der Waals surface area contributed by atoms with Crippen molar-refractivity contribution in [3.8, 4) is 0 Å². The van der Waals surface area contributed by atoms with Crippen LogP contribution in [-0.4, -0.2) is 38.6 Å². The Labute approximate surface area is 211 Å². The molecular weight excluding hydrogens is 428 g/mol. The highest BCUT2D eigenvalue weighted by Gasteiger charge is 2.45. The fourth-order valence-corrected chi connectivity index (χ4v) is 9.11. The summed E-state index contributed by atoms with van der Waals surface area (Å²) in [5, 5.41) is 3.64. The summed E-state index contributed by atoms with van der Waals surface area (Å²) in [6.07, 6.45) is 20.7. The number of benzene rings is 1. The Morgan fingerprint density at radius 2 is 1.54 bits per heavy atom. The van der Waals surface area contributed by atoms with Crippen LogP contribution in [0.5, 0.6) is 0 Å². The molecule has 4 heterocycles. The maximum Gasteiger partial charge on any atom is 0.112 e. The van der Waals surface area contributed by atoms with Crippen LogP contribution >= 0.6 is 0 Å². The van der Waals surface area contributed by atoms with Crippen molar-refractivity contribution in [2.24, 2.45) is 11.8 Å². The second-order valence-electron chi connectivity index (χ2n) is 12.8. The van der Waals surface area contributed by atoms with Crippen molar-refractivity contribution >= 4 is 11.0 Å². The van der Waals surface area contributed by atoms with E-state index in [1.54, 1.807) is 0 Å². The summed E-state index contributed by atoms with van der Waals surface area (Å²) in [5.41, 5.74) is 3.75. The molecule has 0 radical (unpaired) electrons. The number of allylic oxidation sites excluding steroid dienone is 1. The highest BCUT2D eigenvalue weighted by molar-refractivity contribution is 5.76. The second kappa shape index (κ2) is 9.25. The zero-order valence-corrected chi connectivity index (χ0v) is 21.5. The third-order valence-corrected chi connectivity index (χ3v) is 10.4. The fourth-order valence-electron chi connectivity index (χ4n) is 9.11. The van der Waals surface area contributed by atoms with E-state index in [4.69, 9.17) is 4.98 Å². The van der Waals surface area contributed by atoms with E-state index in [9.17, 15) is 0 Å². The molecule has 7 rings (SSSR count). The minimum Gasteiger partial charge on any atom is -0.386 e. The maximum atomic E-state index is 5.21. The number of nitrogens with zero attached hydrogens (tertiary/aromatic N) is 3. The molecule has 1 aromatic carbocycles. The second-order valence-corrected chi connectivity index (χ2v) is 12.8. The molecule has 7 atom stereocenters. The van der Waals surface area contributed by atoms with Crippen LogP contribution in [-0.2, 0) is 6.42 Å². The number of fused-ring (bicyclic) bond motifs is 5. The topological polar surface area (TPSA) is 33.1 Å². The van der Waals surface area contributed by atoms with Crippen molar-refractivity contribution in [2.75, 3.05) is 0 Å². The molecule has 0 amide bonds. The van der Waals surface area contributed by atoms with Crippen LogP contribution in [0.25, 0.3) is 11.0 Å². The van der Waals surface area contributed by atoms with Gasteiger partial charge in [0.1, 0.15) is 5.82 Å². The molecule has 1 N–H and O–H groups in total. The van der Waals surface area contributed by atoms with E-state index in [1.165, 1.54) is 106 Å². The quantitative estimate of drug-likeness (QED) is 0.533. The number of nitrogens with one attached hydrogen (secondary N) is 1. The minimum atomic E-state index is 0.489. The predicted octanol–water partition coefficient (Wildman–Crippen LogP) is 6.76. The number of aromatic nitrogens is 2. The molecule has 35 heavy (non-hydrogen) atoms. The average Bonchev–Trinajstić information content (AvgIpc) is 3.38. The van der Waals surface area contributed by atoms with Crippen molar-refractivity contribution in [1.29, 1.82) is 0 Å². The van der Waals surface area contributed by atoms with Gasteiger partial charge in [-0.2, -0.15) is 0 Å². The standard InChI is InChI=1S/C31H44N4/c1-21-13-14-24(32-21)18-31-33-29-11-4-5-12-30(29)35(31)28-19-25-9-6-10-26(20-28)34(25)27-16-22-7-2-3-8-23(15-22)17-27/h4-5,11-12,22-28,32H,1-3,6-10,13-20H2/t22-,23+,24-,25-,26+,27?,28?/m0/s1. The molecule has 4 heteroatoms. The van der Waals surface area contributed by atoms with Crippen LogP contribution in [0.1, 0.15) is 102 Å². The molecule has 2 unspecified atom stereocenters. The van der Waals surface area contributed by atoms with E-state index in [0.29, 0.717) is 12.1 Å². The molecule has 5 aliphatic rings. The van der Waals surface area contributed by atoms with Crippen LogP contribution in [0, 0.1) is 11.8 Å². The van der Waals surface area contributed by atoms with Gasteiger partial charge in [-0.05, 0) is 81.8 Å². The summed E-state index contributed by atoms with van der Waals surface area (Å²) in [5.74, 6) is 3.33. The number of imidazole rings is 1. The lowest BCUT2D eigenvalue weighted by Gasteiger charge is -2.54. The fraction of sp³-hybridized carbons (Fsp3) is 0.710. The number of hydrogen-bond donors (Lipinski definition) is 1. The first kappa shape index (κ1) is 22.4. The number of hydrogen-bond acceptors (Lipinski definition) is 3. The Bertz CT molecular complexity index is 1040. The van der Waals surface area contributed by atoms with E-state index in [-0.39, 0.29) is 0 Å². The Morgan fingerprint density at radius 3 is 2.26 bits per heavy atom. The smallest absolute Gasteiger partial charge is 0.112 e. The van der Waals surface area contributed by atoms with Gasteiger partial charge < -0.3 is 9.88 Å². The first-order chi connectivity index (χ1) is 17.2. The van der Waals surface area contributed by atoms with Crippen molar-refractivity contribution in [3.63, 3.8) is 0 Å². The van der Waals surface area contributed by atoms with Gasteiger partial charge in [-0.3, -0.25) is 4.90 Å². The van der Waals surface area contributed by atoms with Gasteiger partial charge in [-0.15, -0.1) is 0 Å². The Balaban J connectivity index is 1.17. The predicted molar refractivity (Wildman–Crippen MR) is 143 cm³/mol. The maximum absolute atomic E-state index is 5.21. The summed E-state index contributed by atoms with van der Waals surface area (Å²) < 4.78 is 2.70.